The predicted molar refractivity (Wildman–Crippen MR) is 106 cm³/mol. The van der Waals surface area contributed by atoms with Crippen molar-refractivity contribution in [2.24, 2.45) is 0 Å². The van der Waals surface area contributed by atoms with Gasteiger partial charge in [0.1, 0.15) is 11.6 Å². The molecule has 3 rings (SSSR count). The molecule has 152 valence electrons. The van der Waals surface area contributed by atoms with Gasteiger partial charge in [-0.2, -0.15) is 4.39 Å². The van der Waals surface area contributed by atoms with Crippen molar-refractivity contribution in [3.05, 3.63) is 94.8 Å². The summed E-state index contributed by atoms with van der Waals surface area (Å²) in [6.07, 6.45) is 0.677. The highest BCUT2D eigenvalue weighted by Gasteiger charge is 2.13. The molecule has 0 unspecified atom stereocenters. The second kappa shape index (κ2) is 9.66. The largest absolute Gasteiger partial charge is 0.490 e. The molecule has 3 nitrogen and oxygen atoms in total. The van der Waals surface area contributed by atoms with E-state index < -0.39 is 23.4 Å². The molecule has 30 heavy (non-hydrogen) atoms. The molecule has 0 atom stereocenters. The summed E-state index contributed by atoms with van der Waals surface area (Å²) in [5, 5.41) is 0. The first kappa shape index (κ1) is 21.0. The van der Waals surface area contributed by atoms with Crippen LogP contribution in [0.25, 0.3) is 0 Å². The molecule has 0 spiro atoms. The molecule has 0 aliphatic heterocycles. The maximum absolute atomic E-state index is 14.2. The average molecular weight is 410 g/mol. The third kappa shape index (κ3) is 5.21. The van der Waals surface area contributed by atoms with Crippen LogP contribution in [0.5, 0.6) is 11.5 Å². The highest BCUT2D eigenvalue weighted by molar-refractivity contribution is 5.91. The topological polar surface area (TPSA) is 35.5 Å². The van der Waals surface area contributed by atoms with Gasteiger partial charge in [-0.05, 0) is 67.1 Å². The minimum atomic E-state index is -1.07. The Morgan fingerprint density at radius 2 is 1.57 bits per heavy atom. The summed E-state index contributed by atoms with van der Waals surface area (Å²) >= 11 is 0. The Morgan fingerprint density at radius 1 is 0.867 bits per heavy atom. The van der Waals surface area contributed by atoms with E-state index in [1.807, 2.05) is 6.92 Å². The van der Waals surface area contributed by atoms with E-state index in [9.17, 15) is 18.0 Å². The molecule has 0 bridgehead atoms. The maximum Gasteiger partial charge on any atom is 0.343 e. The zero-order valence-electron chi connectivity index (χ0n) is 16.0. The Morgan fingerprint density at radius 3 is 2.23 bits per heavy atom. The van der Waals surface area contributed by atoms with E-state index in [-0.39, 0.29) is 29.2 Å². The average Bonchev–Trinajstić information content (AvgIpc) is 2.76. The summed E-state index contributed by atoms with van der Waals surface area (Å²) in [5.74, 6) is 2.17. The van der Waals surface area contributed by atoms with Crippen molar-refractivity contribution in [2.45, 2.75) is 13.3 Å². The minimum absolute atomic E-state index is 0.101. The lowest BCUT2D eigenvalue weighted by Crippen LogP contribution is -2.08. The summed E-state index contributed by atoms with van der Waals surface area (Å²) in [5.41, 5.74) is 0.662. The minimum Gasteiger partial charge on any atom is -0.490 e. The molecule has 0 saturated heterocycles. The predicted octanol–water partition coefficient (Wildman–Crippen LogP) is 5.51. The van der Waals surface area contributed by atoms with Gasteiger partial charge in [0.2, 0.25) is 5.82 Å². The molecular weight excluding hydrogens is 393 g/mol. The molecule has 0 radical (unpaired) electrons. The van der Waals surface area contributed by atoms with Crippen molar-refractivity contribution in [3.8, 4) is 23.3 Å². The van der Waals surface area contributed by atoms with Crippen LogP contribution in [0.4, 0.5) is 13.2 Å². The maximum atomic E-state index is 14.2. The first-order chi connectivity index (χ1) is 14.5. The van der Waals surface area contributed by atoms with E-state index in [2.05, 4.69) is 11.8 Å². The third-order valence-corrected chi connectivity index (χ3v) is 3.99. The molecule has 0 aromatic heterocycles. The summed E-state index contributed by atoms with van der Waals surface area (Å²) in [6, 6.07) is 13.9. The quantitative estimate of drug-likeness (QED) is 0.316. The fraction of sp³-hybridized carbons (Fsp3) is 0.125. The van der Waals surface area contributed by atoms with Crippen molar-refractivity contribution in [3.63, 3.8) is 0 Å². The van der Waals surface area contributed by atoms with E-state index in [1.165, 1.54) is 48.5 Å². The van der Waals surface area contributed by atoms with Crippen LogP contribution in [0.3, 0.4) is 0 Å². The second-order valence-electron chi connectivity index (χ2n) is 6.26. The SMILES string of the molecule is CCCOc1ccc(C#Cc2ccc(C(=O)Oc3ccc(F)cc3)cc2)c(F)c1F. The summed E-state index contributed by atoms with van der Waals surface area (Å²) < 4.78 is 51.4. The van der Waals surface area contributed by atoms with Gasteiger partial charge in [-0.3, -0.25) is 0 Å². The van der Waals surface area contributed by atoms with Crippen molar-refractivity contribution < 1.29 is 27.4 Å². The molecule has 0 aliphatic rings. The molecule has 0 heterocycles. The van der Waals surface area contributed by atoms with Gasteiger partial charge in [-0.15, -0.1) is 0 Å². The van der Waals surface area contributed by atoms with Crippen LogP contribution in [-0.4, -0.2) is 12.6 Å². The van der Waals surface area contributed by atoms with E-state index in [4.69, 9.17) is 9.47 Å². The Kier molecular flexibility index (Phi) is 6.76. The number of benzene rings is 3. The lowest BCUT2D eigenvalue weighted by Gasteiger charge is -2.06. The summed E-state index contributed by atoms with van der Waals surface area (Å²) in [6.45, 7) is 2.15. The number of carbonyl (C=O) groups is 1. The Labute approximate surface area is 172 Å². The number of ether oxygens (including phenoxy) is 2. The number of esters is 1. The van der Waals surface area contributed by atoms with Crippen molar-refractivity contribution >= 4 is 5.97 Å². The molecule has 0 saturated carbocycles. The van der Waals surface area contributed by atoms with Crippen molar-refractivity contribution in [1.29, 1.82) is 0 Å². The molecule has 0 fully saturated rings. The Bertz CT molecular complexity index is 1100. The van der Waals surface area contributed by atoms with Gasteiger partial charge in [0, 0.05) is 5.56 Å². The normalized spacial score (nSPS) is 10.1. The Hall–Kier alpha value is -3.72. The number of hydrogen-bond acceptors (Lipinski definition) is 3. The van der Waals surface area contributed by atoms with Gasteiger partial charge in [-0.25, -0.2) is 13.6 Å². The number of rotatable bonds is 5. The zero-order valence-corrected chi connectivity index (χ0v) is 16.0. The van der Waals surface area contributed by atoms with Crippen LogP contribution < -0.4 is 9.47 Å². The summed E-state index contributed by atoms with van der Waals surface area (Å²) in [4.78, 5) is 12.1. The lowest BCUT2D eigenvalue weighted by molar-refractivity contribution is 0.0734. The first-order valence-electron chi connectivity index (χ1n) is 9.18. The van der Waals surface area contributed by atoms with E-state index in [0.29, 0.717) is 12.0 Å². The number of halogens is 3. The molecule has 0 N–H and O–H groups in total. The van der Waals surface area contributed by atoms with Gasteiger partial charge in [-0.1, -0.05) is 18.8 Å². The fourth-order valence-electron chi connectivity index (χ4n) is 2.45. The first-order valence-corrected chi connectivity index (χ1v) is 9.18. The molecule has 0 aliphatic carbocycles. The van der Waals surface area contributed by atoms with Gasteiger partial charge in [0.25, 0.3) is 0 Å². The summed E-state index contributed by atoms with van der Waals surface area (Å²) in [7, 11) is 0. The van der Waals surface area contributed by atoms with Crippen LogP contribution in [0, 0.1) is 29.3 Å². The highest BCUT2D eigenvalue weighted by atomic mass is 19.2. The van der Waals surface area contributed by atoms with Gasteiger partial charge < -0.3 is 9.47 Å². The molecule has 6 heteroatoms. The lowest BCUT2D eigenvalue weighted by atomic mass is 10.1. The monoisotopic (exact) mass is 410 g/mol. The number of hydrogen-bond donors (Lipinski definition) is 0. The fourth-order valence-corrected chi connectivity index (χ4v) is 2.45. The second-order valence-corrected chi connectivity index (χ2v) is 6.26. The van der Waals surface area contributed by atoms with E-state index in [1.54, 1.807) is 12.1 Å². The smallest absolute Gasteiger partial charge is 0.343 e. The van der Waals surface area contributed by atoms with Crippen LogP contribution >= 0.6 is 0 Å². The van der Waals surface area contributed by atoms with E-state index >= 15 is 0 Å². The van der Waals surface area contributed by atoms with Gasteiger partial charge in [0.05, 0.1) is 17.7 Å². The van der Waals surface area contributed by atoms with Crippen molar-refractivity contribution in [1.82, 2.24) is 0 Å². The molecule has 0 amide bonds. The van der Waals surface area contributed by atoms with Crippen LogP contribution in [0.1, 0.15) is 34.8 Å². The standard InChI is InChI=1S/C24H17F3O3/c1-2-15-29-21-14-9-17(22(26)23(21)27)6-3-16-4-7-18(8-5-16)24(28)30-20-12-10-19(25)11-13-20/h4-5,7-14H,2,15H2,1H3. The zero-order chi connectivity index (χ0) is 21.5. The number of carbonyl (C=O) groups excluding carboxylic acids is 1. The van der Waals surface area contributed by atoms with Crippen LogP contribution in [0.2, 0.25) is 0 Å². The molecular formula is C24H17F3O3. The van der Waals surface area contributed by atoms with Crippen LogP contribution in [-0.2, 0) is 0 Å². The molecule has 3 aromatic carbocycles. The van der Waals surface area contributed by atoms with Crippen molar-refractivity contribution in [2.75, 3.05) is 6.61 Å². The third-order valence-electron chi connectivity index (χ3n) is 3.99. The Balaban J connectivity index is 1.70. The van der Waals surface area contributed by atoms with Gasteiger partial charge in [0.15, 0.2) is 11.6 Å². The van der Waals surface area contributed by atoms with E-state index in [0.717, 1.165) is 0 Å². The van der Waals surface area contributed by atoms with Crippen LogP contribution in [0.15, 0.2) is 60.7 Å². The molecule has 3 aromatic rings. The highest BCUT2D eigenvalue weighted by Crippen LogP contribution is 2.22. The van der Waals surface area contributed by atoms with Gasteiger partial charge >= 0.3 is 5.97 Å².